The Morgan fingerprint density at radius 1 is 0.513 bits per heavy atom. The van der Waals surface area contributed by atoms with E-state index in [4.69, 9.17) is 9.47 Å². The molecule has 0 saturated heterocycles. The first-order chi connectivity index (χ1) is 19.2. The summed E-state index contributed by atoms with van der Waals surface area (Å²) in [4.78, 5) is 2.22. The zero-order chi connectivity index (χ0) is 26.9. The summed E-state index contributed by atoms with van der Waals surface area (Å²) in [6.07, 6.45) is 6.44. The molecule has 0 aliphatic heterocycles. The standard InChI is InChI=1S/C36H31NO2/c1-38-34-24-20-32(21-25-34)37(33-22-26-35(39-2)27-23-33)31-18-16-28(17-19-31)10-9-15-36(29-11-5-3-6-12-29)30-13-7-4-8-14-30/h3-27H,1-2H3/b10-9+. The third-order valence-corrected chi connectivity index (χ3v) is 6.53. The zero-order valence-corrected chi connectivity index (χ0v) is 22.2. The van der Waals surface area contributed by atoms with E-state index < -0.39 is 0 Å². The molecule has 5 rings (SSSR count). The van der Waals surface area contributed by atoms with E-state index in [1.54, 1.807) is 14.2 Å². The molecule has 0 aliphatic carbocycles. The molecule has 0 bridgehead atoms. The zero-order valence-electron chi connectivity index (χ0n) is 22.2. The van der Waals surface area contributed by atoms with Crippen LogP contribution in [0.5, 0.6) is 11.5 Å². The molecule has 3 nitrogen and oxygen atoms in total. The predicted molar refractivity (Wildman–Crippen MR) is 163 cm³/mol. The molecule has 0 amide bonds. The minimum absolute atomic E-state index is 0.826. The van der Waals surface area contributed by atoms with Crippen LogP contribution in [0.15, 0.2) is 146 Å². The van der Waals surface area contributed by atoms with Crippen LogP contribution < -0.4 is 14.4 Å². The van der Waals surface area contributed by atoms with Gasteiger partial charge in [-0.05, 0) is 82.9 Å². The quantitative estimate of drug-likeness (QED) is 0.185. The summed E-state index contributed by atoms with van der Waals surface area (Å²) < 4.78 is 10.7. The fraction of sp³-hybridized carbons (Fsp3) is 0.0556. The summed E-state index contributed by atoms with van der Waals surface area (Å²) in [7, 11) is 3.36. The van der Waals surface area contributed by atoms with Gasteiger partial charge < -0.3 is 14.4 Å². The molecule has 0 aromatic heterocycles. The molecule has 0 fully saturated rings. The van der Waals surface area contributed by atoms with Crippen molar-refractivity contribution in [2.45, 2.75) is 0 Å². The normalized spacial score (nSPS) is 10.7. The van der Waals surface area contributed by atoms with E-state index in [-0.39, 0.29) is 0 Å². The summed E-state index contributed by atoms with van der Waals surface area (Å²) >= 11 is 0. The molecule has 0 saturated carbocycles. The molecule has 0 atom stereocenters. The number of hydrogen-bond acceptors (Lipinski definition) is 3. The van der Waals surface area contributed by atoms with Crippen LogP contribution in [-0.4, -0.2) is 14.2 Å². The average Bonchev–Trinajstić information content (AvgIpc) is 3.02. The van der Waals surface area contributed by atoms with Crippen LogP contribution in [0.2, 0.25) is 0 Å². The summed E-state index contributed by atoms with van der Waals surface area (Å²) in [6.45, 7) is 0. The number of anilines is 3. The average molecular weight is 510 g/mol. The molecule has 0 spiro atoms. The van der Waals surface area contributed by atoms with Gasteiger partial charge in [0.15, 0.2) is 0 Å². The van der Waals surface area contributed by atoms with E-state index in [1.807, 2.05) is 36.4 Å². The molecular weight excluding hydrogens is 478 g/mol. The highest BCUT2D eigenvalue weighted by Gasteiger charge is 2.13. The van der Waals surface area contributed by atoms with Gasteiger partial charge in [-0.3, -0.25) is 0 Å². The first-order valence-corrected chi connectivity index (χ1v) is 12.9. The number of rotatable bonds is 9. The summed E-state index contributed by atoms with van der Waals surface area (Å²) in [5.41, 5.74) is 7.85. The number of benzene rings is 5. The highest BCUT2D eigenvalue weighted by Crippen LogP contribution is 2.36. The van der Waals surface area contributed by atoms with Gasteiger partial charge in [-0.25, -0.2) is 0 Å². The Bertz CT molecular complexity index is 1430. The third kappa shape index (κ3) is 6.28. The Morgan fingerprint density at radius 3 is 1.33 bits per heavy atom. The number of allylic oxidation sites excluding steroid dienone is 2. The van der Waals surface area contributed by atoms with E-state index in [1.165, 1.54) is 16.7 Å². The lowest BCUT2D eigenvalue weighted by atomic mass is 9.97. The van der Waals surface area contributed by atoms with Crippen LogP contribution in [0.1, 0.15) is 16.7 Å². The van der Waals surface area contributed by atoms with Gasteiger partial charge >= 0.3 is 0 Å². The highest BCUT2D eigenvalue weighted by molar-refractivity contribution is 5.82. The van der Waals surface area contributed by atoms with Gasteiger partial charge in [0.05, 0.1) is 14.2 Å². The molecule has 39 heavy (non-hydrogen) atoms. The number of ether oxygens (including phenoxy) is 2. The number of hydrogen-bond donors (Lipinski definition) is 0. The molecule has 0 aliphatic rings. The Hall–Kier alpha value is -5.02. The van der Waals surface area contributed by atoms with Crippen molar-refractivity contribution in [2.75, 3.05) is 19.1 Å². The molecule has 5 aromatic rings. The molecule has 192 valence electrons. The first-order valence-electron chi connectivity index (χ1n) is 12.9. The van der Waals surface area contributed by atoms with Crippen LogP contribution >= 0.6 is 0 Å². The lowest BCUT2D eigenvalue weighted by Gasteiger charge is -2.26. The molecule has 0 heterocycles. The SMILES string of the molecule is COc1ccc(N(c2ccc(/C=C/C=C(c3ccccc3)c3ccccc3)cc2)c2ccc(OC)cc2)cc1. The van der Waals surface area contributed by atoms with Crippen molar-refractivity contribution in [1.82, 2.24) is 0 Å². The minimum atomic E-state index is 0.826. The Labute approximate surface area is 230 Å². The van der Waals surface area contributed by atoms with Crippen LogP contribution in [0, 0.1) is 0 Å². The fourth-order valence-corrected chi connectivity index (χ4v) is 4.49. The van der Waals surface area contributed by atoms with Crippen molar-refractivity contribution in [3.63, 3.8) is 0 Å². The van der Waals surface area contributed by atoms with E-state index in [0.29, 0.717) is 0 Å². The second-order valence-electron chi connectivity index (χ2n) is 8.99. The van der Waals surface area contributed by atoms with Crippen LogP contribution in [0.4, 0.5) is 17.1 Å². The Balaban J connectivity index is 1.44. The van der Waals surface area contributed by atoms with E-state index in [0.717, 1.165) is 34.1 Å². The van der Waals surface area contributed by atoms with Crippen LogP contribution in [-0.2, 0) is 0 Å². The maximum absolute atomic E-state index is 5.37. The van der Waals surface area contributed by atoms with E-state index >= 15 is 0 Å². The lowest BCUT2D eigenvalue weighted by molar-refractivity contribution is 0.415. The topological polar surface area (TPSA) is 21.7 Å². The largest absolute Gasteiger partial charge is 0.497 e. The first kappa shape index (κ1) is 25.6. The second-order valence-corrected chi connectivity index (χ2v) is 8.99. The van der Waals surface area contributed by atoms with Crippen LogP contribution in [0.3, 0.4) is 0 Å². The van der Waals surface area contributed by atoms with Gasteiger partial charge in [0, 0.05) is 17.1 Å². The molecular formula is C36H31NO2. The summed E-state index contributed by atoms with van der Waals surface area (Å²) in [6, 6.07) is 45.7. The maximum Gasteiger partial charge on any atom is 0.119 e. The van der Waals surface area contributed by atoms with E-state index in [9.17, 15) is 0 Å². The monoisotopic (exact) mass is 509 g/mol. The van der Waals surface area contributed by atoms with Crippen molar-refractivity contribution < 1.29 is 9.47 Å². The van der Waals surface area contributed by atoms with Gasteiger partial charge in [0.25, 0.3) is 0 Å². The van der Waals surface area contributed by atoms with Crippen molar-refractivity contribution in [3.05, 3.63) is 162 Å². The Kier molecular flexibility index (Phi) is 8.20. The Morgan fingerprint density at radius 2 is 0.923 bits per heavy atom. The van der Waals surface area contributed by atoms with Crippen molar-refractivity contribution in [1.29, 1.82) is 0 Å². The smallest absolute Gasteiger partial charge is 0.119 e. The predicted octanol–water partition coefficient (Wildman–Crippen LogP) is 9.32. The second kappa shape index (κ2) is 12.5. The minimum Gasteiger partial charge on any atom is -0.497 e. The van der Waals surface area contributed by atoms with Gasteiger partial charge in [0.1, 0.15) is 11.5 Å². The third-order valence-electron chi connectivity index (χ3n) is 6.53. The summed E-state index contributed by atoms with van der Waals surface area (Å²) in [5, 5.41) is 0. The molecule has 3 heteroatoms. The van der Waals surface area contributed by atoms with Crippen molar-refractivity contribution in [2.24, 2.45) is 0 Å². The van der Waals surface area contributed by atoms with Gasteiger partial charge in [-0.2, -0.15) is 0 Å². The lowest BCUT2D eigenvalue weighted by Crippen LogP contribution is -2.09. The van der Waals surface area contributed by atoms with Crippen molar-refractivity contribution >= 4 is 28.7 Å². The summed E-state index contributed by atoms with van der Waals surface area (Å²) in [5.74, 6) is 1.65. The van der Waals surface area contributed by atoms with Gasteiger partial charge in [0.2, 0.25) is 0 Å². The highest BCUT2D eigenvalue weighted by atomic mass is 16.5. The molecule has 5 aromatic carbocycles. The number of nitrogens with zero attached hydrogens (tertiary/aromatic N) is 1. The molecule has 0 radical (unpaired) electrons. The van der Waals surface area contributed by atoms with Gasteiger partial charge in [-0.1, -0.05) is 91.0 Å². The van der Waals surface area contributed by atoms with Gasteiger partial charge in [-0.15, -0.1) is 0 Å². The molecule has 0 N–H and O–H groups in total. The molecule has 0 unspecified atom stereocenters. The fourth-order valence-electron chi connectivity index (χ4n) is 4.49. The van der Waals surface area contributed by atoms with E-state index in [2.05, 4.69) is 120 Å². The van der Waals surface area contributed by atoms with Crippen molar-refractivity contribution in [3.8, 4) is 11.5 Å². The number of methoxy groups -OCH3 is 2. The maximum atomic E-state index is 5.37. The van der Waals surface area contributed by atoms with Crippen LogP contribution in [0.25, 0.3) is 11.6 Å².